The molecule has 0 aromatic rings. The zero-order valence-corrected chi connectivity index (χ0v) is 20.1. The van der Waals surface area contributed by atoms with E-state index in [1.165, 1.54) is 0 Å². The molecule has 6 rings (SSSR count). The Hall–Kier alpha value is -2.65. The van der Waals surface area contributed by atoms with Crippen LogP contribution >= 0.6 is 0 Å². The quantitative estimate of drug-likeness (QED) is 0.406. The molecule has 6 fully saturated rings. The van der Waals surface area contributed by atoms with Crippen molar-refractivity contribution in [1.82, 2.24) is 5.32 Å². The molecule has 2 heterocycles. The van der Waals surface area contributed by atoms with Gasteiger partial charge in [-0.05, 0) is 51.4 Å². The van der Waals surface area contributed by atoms with Crippen LogP contribution in [0.4, 0.5) is 0 Å². The van der Waals surface area contributed by atoms with E-state index in [4.69, 9.17) is 18.9 Å². The number of amides is 1. The number of ether oxygens (including phenoxy) is 4. The minimum absolute atomic E-state index is 0.0220. The fraction of sp³-hybridized carbons (Fsp3) is 0.800. The molecular weight excluding hydrogens is 458 g/mol. The highest BCUT2D eigenvalue weighted by Gasteiger charge is 2.71. The molecule has 0 aromatic carbocycles. The standard InChI is InChI=1S/C25H31NO9/c1-4-25(2,3)24(31)32-8-14(27)33-19-12-7-13-16(23(30)35-20(13)19)15(12)22(29)34-18-9-5-10-11(6-9)21(28)26-17(10)18/h9-13,15-20H,4-8H2,1-3H3,(H,26,28). The van der Waals surface area contributed by atoms with Gasteiger partial charge in [0.2, 0.25) is 5.91 Å². The van der Waals surface area contributed by atoms with Gasteiger partial charge in [0, 0.05) is 17.8 Å². The highest BCUT2D eigenvalue weighted by Crippen LogP contribution is 2.60. The maximum absolute atomic E-state index is 13.4. The molecule has 35 heavy (non-hydrogen) atoms. The summed E-state index contributed by atoms with van der Waals surface area (Å²) in [6, 6.07) is -0.159. The molecule has 10 nitrogen and oxygen atoms in total. The monoisotopic (exact) mass is 489 g/mol. The fourth-order valence-corrected chi connectivity index (χ4v) is 7.58. The Kier molecular flexibility index (Phi) is 5.00. The normalized spacial score (nSPS) is 43.8. The summed E-state index contributed by atoms with van der Waals surface area (Å²) >= 11 is 0. The minimum Gasteiger partial charge on any atom is -0.460 e. The van der Waals surface area contributed by atoms with Crippen molar-refractivity contribution in [2.45, 2.75) is 70.8 Å². The van der Waals surface area contributed by atoms with Gasteiger partial charge in [0.25, 0.3) is 0 Å². The molecule has 2 saturated heterocycles. The zero-order chi connectivity index (χ0) is 24.8. The largest absolute Gasteiger partial charge is 0.460 e. The van der Waals surface area contributed by atoms with Gasteiger partial charge in [0.15, 0.2) is 6.61 Å². The van der Waals surface area contributed by atoms with Gasteiger partial charge in [-0.1, -0.05) is 6.92 Å². The Morgan fingerprint density at radius 1 is 1.03 bits per heavy atom. The van der Waals surface area contributed by atoms with Crippen LogP contribution in [-0.2, 0) is 42.9 Å². The number of hydrogen-bond acceptors (Lipinski definition) is 9. The van der Waals surface area contributed by atoms with Crippen LogP contribution in [0.25, 0.3) is 0 Å². The molecule has 4 saturated carbocycles. The van der Waals surface area contributed by atoms with Crippen molar-refractivity contribution in [3.8, 4) is 0 Å². The summed E-state index contributed by atoms with van der Waals surface area (Å²) in [6.07, 6.45) is 0.925. The van der Waals surface area contributed by atoms with E-state index in [-0.39, 0.29) is 41.7 Å². The lowest BCUT2D eigenvalue weighted by molar-refractivity contribution is -0.176. The number of rotatable bonds is 7. The second-order valence-electron chi connectivity index (χ2n) is 11.7. The Labute approximate surface area is 202 Å². The Morgan fingerprint density at radius 2 is 1.80 bits per heavy atom. The predicted molar refractivity (Wildman–Crippen MR) is 115 cm³/mol. The number of hydrogen-bond donors (Lipinski definition) is 1. The van der Waals surface area contributed by atoms with E-state index in [0.29, 0.717) is 12.8 Å². The molecule has 0 spiro atoms. The van der Waals surface area contributed by atoms with Crippen LogP contribution in [0.3, 0.4) is 0 Å². The number of esters is 4. The molecule has 4 aliphatic carbocycles. The topological polar surface area (TPSA) is 134 Å². The van der Waals surface area contributed by atoms with E-state index >= 15 is 0 Å². The van der Waals surface area contributed by atoms with E-state index < -0.39 is 65.9 Å². The first-order valence-electron chi connectivity index (χ1n) is 12.7. The van der Waals surface area contributed by atoms with Crippen LogP contribution < -0.4 is 5.32 Å². The maximum atomic E-state index is 13.4. The summed E-state index contributed by atoms with van der Waals surface area (Å²) < 4.78 is 22.3. The van der Waals surface area contributed by atoms with Crippen LogP contribution in [0.5, 0.6) is 0 Å². The molecule has 11 atom stereocenters. The van der Waals surface area contributed by atoms with Crippen molar-refractivity contribution in [2.24, 2.45) is 46.8 Å². The summed E-state index contributed by atoms with van der Waals surface area (Å²) in [7, 11) is 0. The molecular formula is C25H31NO9. The molecule has 6 aliphatic rings. The highest BCUT2D eigenvalue weighted by molar-refractivity contribution is 5.87. The molecule has 2 aliphatic heterocycles. The van der Waals surface area contributed by atoms with E-state index in [1.807, 2.05) is 6.92 Å². The van der Waals surface area contributed by atoms with Crippen molar-refractivity contribution < 1.29 is 42.9 Å². The highest BCUT2D eigenvalue weighted by atomic mass is 16.6. The van der Waals surface area contributed by atoms with Crippen molar-refractivity contribution in [2.75, 3.05) is 6.61 Å². The minimum atomic E-state index is -0.777. The summed E-state index contributed by atoms with van der Waals surface area (Å²) in [5, 5.41) is 2.98. The third-order valence-corrected chi connectivity index (χ3v) is 9.67. The summed E-state index contributed by atoms with van der Waals surface area (Å²) in [5.74, 6) is -3.70. The van der Waals surface area contributed by atoms with Gasteiger partial charge in [-0.15, -0.1) is 0 Å². The van der Waals surface area contributed by atoms with Gasteiger partial charge in [0.1, 0.15) is 18.3 Å². The Balaban J connectivity index is 1.12. The number of nitrogens with one attached hydrogen (secondary N) is 1. The van der Waals surface area contributed by atoms with Crippen molar-refractivity contribution >= 4 is 29.8 Å². The second kappa shape index (κ2) is 7.67. The SMILES string of the molecule is CCC(C)(C)C(=O)OCC(=O)OC1C2CC3C1OC(=O)C3C2C(=O)OC1C2CC3C(=O)NC1C3C2. The average Bonchev–Trinajstić information content (AvgIpc) is 3.61. The smallest absolute Gasteiger partial charge is 0.344 e. The summed E-state index contributed by atoms with van der Waals surface area (Å²) in [4.78, 5) is 62.9. The fourth-order valence-electron chi connectivity index (χ4n) is 7.58. The van der Waals surface area contributed by atoms with Crippen LogP contribution in [0.15, 0.2) is 0 Å². The predicted octanol–water partition coefficient (Wildman–Crippen LogP) is 0.751. The van der Waals surface area contributed by atoms with E-state index in [2.05, 4.69) is 5.32 Å². The average molecular weight is 490 g/mol. The summed E-state index contributed by atoms with van der Waals surface area (Å²) in [6.45, 7) is 4.79. The van der Waals surface area contributed by atoms with Gasteiger partial charge in [-0.25, -0.2) is 4.79 Å². The van der Waals surface area contributed by atoms with Gasteiger partial charge < -0.3 is 24.3 Å². The molecule has 1 amide bonds. The molecule has 0 aromatic heterocycles. The Morgan fingerprint density at radius 3 is 2.54 bits per heavy atom. The molecule has 11 unspecified atom stereocenters. The summed E-state index contributed by atoms with van der Waals surface area (Å²) in [5.41, 5.74) is -0.714. The van der Waals surface area contributed by atoms with Crippen LogP contribution in [0.1, 0.15) is 46.5 Å². The van der Waals surface area contributed by atoms with Crippen LogP contribution in [-0.4, -0.2) is 60.7 Å². The Bertz CT molecular complexity index is 1010. The van der Waals surface area contributed by atoms with Crippen LogP contribution in [0, 0.1) is 46.8 Å². The lowest BCUT2D eigenvalue weighted by Gasteiger charge is -2.33. The van der Waals surface area contributed by atoms with E-state index in [1.54, 1.807) is 13.8 Å². The molecule has 10 heteroatoms. The van der Waals surface area contributed by atoms with Gasteiger partial charge >= 0.3 is 23.9 Å². The van der Waals surface area contributed by atoms with Crippen molar-refractivity contribution in [1.29, 1.82) is 0 Å². The molecule has 0 radical (unpaired) electrons. The molecule has 4 bridgehead atoms. The van der Waals surface area contributed by atoms with Crippen molar-refractivity contribution in [3.63, 3.8) is 0 Å². The third kappa shape index (κ3) is 3.24. The zero-order valence-electron chi connectivity index (χ0n) is 20.1. The number of fused-ring (bicyclic) bond motifs is 2. The van der Waals surface area contributed by atoms with E-state index in [9.17, 15) is 24.0 Å². The third-order valence-electron chi connectivity index (χ3n) is 9.67. The first-order chi connectivity index (χ1) is 16.6. The first kappa shape index (κ1) is 22.8. The second-order valence-corrected chi connectivity index (χ2v) is 11.7. The van der Waals surface area contributed by atoms with E-state index in [0.717, 1.165) is 12.8 Å². The van der Waals surface area contributed by atoms with Crippen molar-refractivity contribution in [3.05, 3.63) is 0 Å². The van der Waals surface area contributed by atoms with Gasteiger partial charge in [-0.3, -0.25) is 19.2 Å². The van der Waals surface area contributed by atoms with Gasteiger partial charge in [-0.2, -0.15) is 0 Å². The first-order valence-corrected chi connectivity index (χ1v) is 12.7. The molecule has 1 N–H and O–H groups in total. The molecule has 190 valence electrons. The number of carbonyl (C=O) groups is 5. The maximum Gasteiger partial charge on any atom is 0.344 e. The lowest BCUT2D eigenvalue weighted by atomic mass is 9.78. The lowest BCUT2D eigenvalue weighted by Crippen LogP contribution is -2.47. The number of carbonyl (C=O) groups excluding carboxylic acids is 5. The van der Waals surface area contributed by atoms with Gasteiger partial charge in [0.05, 0.1) is 23.3 Å². The van der Waals surface area contributed by atoms with Crippen LogP contribution in [0.2, 0.25) is 0 Å².